The van der Waals surface area contributed by atoms with Gasteiger partial charge in [0.2, 0.25) is 5.91 Å². The first-order valence-corrected chi connectivity index (χ1v) is 7.73. The second-order valence-corrected chi connectivity index (χ2v) is 6.62. The van der Waals surface area contributed by atoms with Gasteiger partial charge < -0.3 is 20.3 Å². The summed E-state index contributed by atoms with van der Waals surface area (Å²) >= 11 is 0. The molecule has 1 aliphatic heterocycles. The van der Waals surface area contributed by atoms with Crippen LogP contribution in [0.5, 0.6) is 0 Å². The van der Waals surface area contributed by atoms with Crippen molar-refractivity contribution in [1.82, 2.24) is 9.80 Å². The number of nitrogens with two attached hydrogens (primary N) is 1. The van der Waals surface area contributed by atoms with Crippen molar-refractivity contribution in [2.24, 2.45) is 11.1 Å². The Morgan fingerprint density at radius 2 is 1.67 bits per heavy atom. The van der Waals surface area contributed by atoms with Crippen molar-refractivity contribution in [2.45, 2.75) is 46.6 Å². The second kappa shape index (κ2) is 7.64. The average Bonchev–Trinajstić information content (AvgIpc) is 2.45. The molecule has 1 saturated heterocycles. The standard InChI is InChI=1S/C15H29N3O3/c1-5-6-11-21-14(20)18-9-7-17(8-10-18)13(19)12(16)15(2,3)4/h12H,5-11,16H2,1-4H3/t12-/m1/s1. The summed E-state index contributed by atoms with van der Waals surface area (Å²) in [5.74, 6) is -0.0403. The van der Waals surface area contributed by atoms with Gasteiger partial charge in [0.05, 0.1) is 12.6 Å². The molecule has 0 spiro atoms. The molecule has 1 heterocycles. The highest BCUT2D eigenvalue weighted by molar-refractivity contribution is 5.82. The van der Waals surface area contributed by atoms with E-state index >= 15 is 0 Å². The van der Waals surface area contributed by atoms with Gasteiger partial charge in [0, 0.05) is 26.2 Å². The maximum atomic E-state index is 12.3. The molecule has 0 radical (unpaired) electrons. The molecule has 2 N–H and O–H groups in total. The molecule has 0 aromatic heterocycles. The van der Waals surface area contributed by atoms with Gasteiger partial charge in [-0.25, -0.2) is 4.79 Å². The van der Waals surface area contributed by atoms with Gasteiger partial charge in [-0.15, -0.1) is 0 Å². The molecule has 0 aromatic rings. The maximum Gasteiger partial charge on any atom is 0.409 e. The summed E-state index contributed by atoms with van der Waals surface area (Å²) in [5, 5.41) is 0. The van der Waals surface area contributed by atoms with E-state index in [1.54, 1.807) is 9.80 Å². The lowest BCUT2D eigenvalue weighted by Crippen LogP contribution is -2.57. The van der Waals surface area contributed by atoms with E-state index in [1.165, 1.54) is 0 Å². The number of piperazine rings is 1. The van der Waals surface area contributed by atoms with Crippen LogP contribution in [0.3, 0.4) is 0 Å². The minimum Gasteiger partial charge on any atom is -0.449 e. The molecule has 1 atom stereocenters. The van der Waals surface area contributed by atoms with E-state index in [4.69, 9.17) is 10.5 Å². The van der Waals surface area contributed by atoms with E-state index < -0.39 is 6.04 Å². The van der Waals surface area contributed by atoms with Gasteiger partial charge in [0.1, 0.15) is 0 Å². The smallest absolute Gasteiger partial charge is 0.409 e. The molecular formula is C15H29N3O3. The van der Waals surface area contributed by atoms with Crippen LogP contribution in [0.25, 0.3) is 0 Å². The summed E-state index contributed by atoms with van der Waals surface area (Å²) in [6.45, 7) is 10.4. The van der Waals surface area contributed by atoms with Crippen LogP contribution >= 0.6 is 0 Å². The van der Waals surface area contributed by atoms with Crippen molar-refractivity contribution in [1.29, 1.82) is 0 Å². The van der Waals surface area contributed by atoms with E-state index in [2.05, 4.69) is 6.92 Å². The van der Waals surface area contributed by atoms with Crippen LogP contribution in [0.4, 0.5) is 4.79 Å². The Morgan fingerprint density at radius 1 is 1.14 bits per heavy atom. The predicted molar refractivity (Wildman–Crippen MR) is 81.8 cm³/mol. The summed E-state index contributed by atoms with van der Waals surface area (Å²) in [4.78, 5) is 27.5. The Bertz CT molecular complexity index is 358. The molecular weight excluding hydrogens is 270 g/mol. The molecule has 0 saturated carbocycles. The fourth-order valence-electron chi connectivity index (χ4n) is 2.07. The lowest BCUT2D eigenvalue weighted by atomic mass is 9.86. The number of ether oxygens (including phenoxy) is 1. The van der Waals surface area contributed by atoms with Crippen LogP contribution in [0.2, 0.25) is 0 Å². The Balaban J connectivity index is 2.41. The highest BCUT2D eigenvalue weighted by Gasteiger charge is 2.33. The van der Waals surface area contributed by atoms with Crippen molar-refractivity contribution in [3.8, 4) is 0 Å². The molecule has 0 unspecified atom stereocenters. The zero-order chi connectivity index (χ0) is 16.0. The first-order valence-electron chi connectivity index (χ1n) is 7.73. The van der Waals surface area contributed by atoms with Crippen LogP contribution in [0.15, 0.2) is 0 Å². The highest BCUT2D eigenvalue weighted by Crippen LogP contribution is 2.19. The minimum absolute atomic E-state index is 0.0403. The number of nitrogens with zero attached hydrogens (tertiary/aromatic N) is 2. The lowest BCUT2D eigenvalue weighted by Gasteiger charge is -2.37. The van der Waals surface area contributed by atoms with E-state index in [-0.39, 0.29) is 17.4 Å². The van der Waals surface area contributed by atoms with Crippen molar-refractivity contribution >= 4 is 12.0 Å². The van der Waals surface area contributed by atoms with E-state index in [9.17, 15) is 9.59 Å². The first kappa shape index (κ1) is 17.8. The van der Waals surface area contributed by atoms with Crippen molar-refractivity contribution < 1.29 is 14.3 Å². The number of unbranched alkanes of at least 4 members (excludes halogenated alkanes) is 1. The first-order chi connectivity index (χ1) is 9.77. The molecule has 122 valence electrons. The van der Waals surface area contributed by atoms with Crippen molar-refractivity contribution in [3.63, 3.8) is 0 Å². The third kappa shape index (κ3) is 5.19. The van der Waals surface area contributed by atoms with Crippen LogP contribution < -0.4 is 5.73 Å². The van der Waals surface area contributed by atoms with E-state index in [0.29, 0.717) is 32.8 Å². The summed E-state index contributed by atoms with van der Waals surface area (Å²) in [7, 11) is 0. The Labute approximate surface area is 127 Å². The van der Waals surface area contributed by atoms with Gasteiger partial charge in [-0.3, -0.25) is 4.79 Å². The normalized spacial score (nSPS) is 17.6. The summed E-state index contributed by atoms with van der Waals surface area (Å²) in [5.41, 5.74) is 5.75. The molecule has 1 rings (SSSR count). The molecule has 0 aliphatic carbocycles. The van der Waals surface area contributed by atoms with Crippen molar-refractivity contribution in [2.75, 3.05) is 32.8 Å². The third-order valence-corrected chi connectivity index (χ3v) is 3.77. The largest absolute Gasteiger partial charge is 0.449 e. The lowest BCUT2D eigenvalue weighted by molar-refractivity contribution is -0.136. The molecule has 1 fully saturated rings. The maximum absolute atomic E-state index is 12.3. The van der Waals surface area contributed by atoms with Gasteiger partial charge in [0.15, 0.2) is 0 Å². The number of hydrogen-bond acceptors (Lipinski definition) is 4. The summed E-state index contributed by atoms with van der Waals surface area (Å²) in [6, 6.07) is -0.513. The van der Waals surface area contributed by atoms with Crippen LogP contribution in [-0.4, -0.2) is 60.6 Å². The fraction of sp³-hybridized carbons (Fsp3) is 0.867. The topological polar surface area (TPSA) is 75.9 Å². The molecule has 0 bridgehead atoms. The van der Waals surface area contributed by atoms with E-state index in [0.717, 1.165) is 12.8 Å². The predicted octanol–water partition coefficient (Wildman–Crippen LogP) is 1.44. The molecule has 21 heavy (non-hydrogen) atoms. The SMILES string of the molecule is CCCCOC(=O)N1CCN(C(=O)[C@@H](N)C(C)(C)C)CC1. The Morgan fingerprint density at radius 3 is 2.14 bits per heavy atom. The molecule has 6 heteroatoms. The van der Waals surface area contributed by atoms with Gasteiger partial charge in [-0.05, 0) is 11.8 Å². The van der Waals surface area contributed by atoms with Crippen LogP contribution in [-0.2, 0) is 9.53 Å². The molecule has 0 aromatic carbocycles. The quantitative estimate of drug-likeness (QED) is 0.797. The van der Waals surface area contributed by atoms with Gasteiger partial charge >= 0.3 is 6.09 Å². The van der Waals surface area contributed by atoms with Gasteiger partial charge in [-0.2, -0.15) is 0 Å². The number of rotatable bonds is 4. The molecule has 1 aliphatic rings. The second-order valence-electron chi connectivity index (χ2n) is 6.62. The van der Waals surface area contributed by atoms with Crippen molar-refractivity contribution in [3.05, 3.63) is 0 Å². The van der Waals surface area contributed by atoms with Gasteiger partial charge in [-0.1, -0.05) is 34.1 Å². The van der Waals surface area contributed by atoms with Gasteiger partial charge in [0.25, 0.3) is 0 Å². The Kier molecular flexibility index (Phi) is 6.45. The number of amides is 2. The summed E-state index contributed by atoms with van der Waals surface area (Å²) < 4.78 is 5.18. The number of carbonyl (C=O) groups is 2. The fourth-order valence-corrected chi connectivity index (χ4v) is 2.07. The molecule has 6 nitrogen and oxygen atoms in total. The zero-order valence-corrected chi connectivity index (χ0v) is 13.7. The highest BCUT2D eigenvalue weighted by atomic mass is 16.6. The summed E-state index contributed by atoms with van der Waals surface area (Å²) in [6.07, 6.45) is 1.60. The zero-order valence-electron chi connectivity index (χ0n) is 13.7. The minimum atomic E-state index is -0.513. The Hall–Kier alpha value is -1.30. The van der Waals surface area contributed by atoms with E-state index in [1.807, 2.05) is 20.8 Å². The van der Waals surface area contributed by atoms with Crippen LogP contribution in [0.1, 0.15) is 40.5 Å². The number of hydrogen-bond donors (Lipinski definition) is 1. The van der Waals surface area contributed by atoms with Crippen LogP contribution in [0, 0.1) is 5.41 Å². The molecule has 2 amide bonds. The average molecular weight is 299 g/mol. The monoisotopic (exact) mass is 299 g/mol. The number of carbonyl (C=O) groups excluding carboxylic acids is 2. The third-order valence-electron chi connectivity index (χ3n) is 3.77.